The van der Waals surface area contributed by atoms with Crippen molar-refractivity contribution in [3.05, 3.63) is 39.3 Å². The fourth-order valence-electron chi connectivity index (χ4n) is 4.30. The van der Waals surface area contributed by atoms with Gasteiger partial charge >= 0.3 is 0 Å². The summed E-state index contributed by atoms with van der Waals surface area (Å²) in [6.45, 7) is 3.24. The van der Waals surface area contributed by atoms with Crippen LogP contribution in [0.1, 0.15) is 43.1 Å². The fourth-order valence-corrected chi connectivity index (χ4v) is 4.93. The molecule has 0 bridgehead atoms. The molecule has 2 aliphatic heterocycles. The molecule has 0 atom stereocenters. The molecule has 2 saturated heterocycles. The third-order valence-electron chi connectivity index (χ3n) is 6.27. The van der Waals surface area contributed by atoms with Crippen molar-refractivity contribution in [1.82, 2.24) is 29.7 Å². The number of aromatic nitrogens is 5. The maximum Gasteiger partial charge on any atom is 0.240 e. The molecule has 0 unspecified atom stereocenters. The predicted octanol–water partition coefficient (Wildman–Crippen LogP) is 3.68. The van der Waals surface area contributed by atoms with Gasteiger partial charge in [-0.3, -0.25) is 14.2 Å². The number of fused-ring (bicyclic) bond motifs is 1. The number of rotatable bonds is 6. The van der Waals surface area contributed by atoms with E-state index in [1.54, 1.807) is 13.3 Å². The average Bonchev–Trinajstić information content (AvgIpc) is 3.36. The van der Waals surface area contributed by atoms with E-state index in [-0.39, 0.29) is 11.8 Å². The molecule has 2 fully saturated rings. The summed E-state index contributed by atoms with van der Waals surface area (Å²) in [4.78, 5) is 29.1. The largest absolute Gasteiger partial charge is 0.480 e. The molecule has 13 heteroatoms. The van der Waals surface area contributed by atoms with E-state index in [0.717, 1.165) is 54.8 Å². The number of amides is 1. The number of ether oxygens (including phenoxy) is 4. The minimum Gasteiger partial charge on any atom is -0.480 e. The van der Waals surface area contributed by atoms with Gasteiger partial charge in [0.15, 0.2) is 0 Å². The molecular formula is C24H30Br2N6O5. The maximum atomic E-state index is 12.0. The monoisotopic (exact) mass is 640 g/mol. The highest BCUT2D eigenvalue weighted by molar-refractivity contribution is 9.10. The minimum absolute atomic E-state index is 0.0307. The summed E-state index contributed by atoms with van der Waals surface area (Å²) in [7, 11) is 3.15. The van der Waals surface area contributed by atoms with Crippen LogP contribution in [0.2, 0.25) is 0 Å². The van der Waals surface area contributed by atoms with Crippen LogP contribution in [0.15, 0.2) is 27.8 Å². The summed E-state index contributed by atoms with van der Waals surface area (Å²) >= 11 is 6.63. The van der Waals surface area contributed by atoms with Crippen molar-refractivity contribution in [1.29, 1.82) is 0 Å². The topological polar surface area (TPSA) is 122 Å². The number of hydrogen-bond acceptors (Lipinski definition) is 9. The van der Waals surface area contributed by atoms with Crippen LogP contribution in [0.5, 0.6) is 11.8 Å². The number of imidazole rings is 1. The summed E-state index contributed by atoms with van der Waals surface area (Å²) in [5.41, 5.74) is 1.52. The van der Waals surface area contributed by atoms with Gasteiger partial charge in [-0.25, -0.2) is 15.0 Å². The predicted molar refractivity (Wildman–Crippen MR) is 142 cm³/mol. The van der Waals surface area contributed by atoms with Crippen molar-refractivity contribution < 1.29 is 23.7 Å². The van der Waals surface area contributed by atoms with Crippen molar-refractivity contribution >= 4 is 43.3 Å². The summed E-state index contributed by atoms with van der Waals surface area (Å²) in [6.07, 6.45) is 8.92. The Hall–Kier alpha value is -2.35. The number of hydrogen-bond donors (Lipinski definition) is 1. The van der Waals surface area contributed by atoms with E-state index < -0.39 is 0 Å². The zero-order valence-electron chi connectivity index (χ0n) is 20.8. The van der Waals surface area contributed by atoms with Gasteiger partial charge in [-0.1, -0.05) is 0 Å². The molecule has 5 heterocycles. The molecule has 200 valence electrons. The molecule has 2 aliphatic rings. The van der Waals surface area contributed by atoms with Crippen LogP contribution in [0.25, 0.3) is 5.52 Å². The van der Waals surface area contributed by atoms with Crippen molar-refractivity contribution in [2.75, 3.05) is 40.6 Å². The second kappa shape index (κ2) is 13.4. The van der Waals surface area contributed by atoms with E-state index in [2.05, 4.69) is 61.5 Å². The number of carbonyl (C=O) groups is 1. The van der Waals surface area contributed by atoms with E-state index in [0.29, 0.717) is 47.7 Å². The van der Waals surface area contributed by atoms with E-state index in [9.17, 15) is 4.79 Å². The molecule has 1 amide bonds. The molecule has 11 nitrogen and oxygen atoms in total. The van der Waals surface area contributed by atoms with Crippen molar-refractivity contribution in [2.45, 2.75) is 38.1 Å². The first-order chi connectivity index (χ1) is 18.0. The van der Waals surface area contributed by atoms with Crippen LogP contribution in [0.4, 0.5) is 0 Å². The first-order valence-electron chi connectivity index (χ1n) is 12.1. The third-order valence-corrected chi connectivity index (χ3v) is 7.03. The molecule has 3 aromatic rings. The maximum absolute atomic E-state index is 12.0. The van der Waals surface area contributed by atoms with Crippen LogP contribution >= 0.6 is 31.9 Å². The van der Waals surface area contributed by atoms with Gasteiger partial charge in [0.25, 0.3) is 0 Å². The Labute approximate surface area is 231 Å². The highest BCUT2D eigenvalue weighted by Crippen LogP contribution is 2.29. The standard InChI is InChI=1S/C12H16BrN3O3.C12H14BrN3O2/c1-18-12-9(14-7-10(13)16-12)6-15-11(17)8-2-4-19-5-3-8;1-17-12-9-6-14-11(8-2-4-18-5-3-8)16(9)7-10(13)15-12/h7-8H,2-6H2,1H3,(H,15,17);6-8H,2-5H2,1H3. The SMILES string of the molecule is COc1nc(Br)cn2c(C3CCOCC3)ncc12.COc1nc(Br)cnc1CNC(=O)C1CCOCC1. The van der Waals surface area contributed by atoms with Crippen LogP contribution in [0.3, 0.4) is 0 Å². The molecule has 0 spiro atoms. The summed E-state index contributed by atoms with van der Waals surface area (Å²) in [5, 5.41) is 2.87. The number of halogens is 2. The Morgan fingerprint density at radius 3 is 2.30 bits per heavy atom. The van der Waals surface area contributed by atoms with Crippen LogP contribution in [-0.4, -0.2) is 70.9 Å². The lowest BCUT2D eigenvalue weighted by Crippen LogP contribution is -2.34. The zero-order valence-corrected chi connectivity index (χ0v) is 24.0. The van der Waals surface area contributed by atoms with Crippen molar-refractivity contribution in [3.8, 4) is 11.8 Å². The van der Waals surface area contributed by atoms with Gasteiger partial charge < -0.3 is 24.3 Å². The molecule has 5 rings (SSSR count). The third kappa shape index (κ3) is 7.15. The second-order valence-corrected chi connectivity index (χ2v) is 10.2. The quantitative estimate of drug-likeness (QED) is 0.429. The minimum atomic E-state index is 0.0307. The van der Waals surface area contributed by atoms with Crippen LogP contribution in [-0.2, 0) is 20.8 Å². The molecule has 37 heavy (non-hydrogen) atoms. The summed E-state index contributed by atoms with van der Waals surface area (Å²) < 4.78 is 24.5. The van der Waals surface area contributed by atoms with Crippen molar-refractivity contribution in [3.63, 3.8) is 0 Å². The Morgan fingerprint density at radius 1 is 0.973 bits per heavy atom. The molecule has 0 radical (unpaired) electrons. The van der Waals surface area contributed by atoms with Crippen LogP contribution in [0, 0.1) is 5.92 Å². The Bertz CT molecular complexity index is 1200. The first kappa shape index (κ1) is 27.7. The summed E-state index contributed by atoms with van der Waals surface area (Å²) in [6, 6.07) is 0. The number of carbonyl (C=O) groups excluding carboxylic acids is 1. The second-order valence-electron chi connectivity index (χ2n) is 8.58. The Balaban J connectivity index is 0.000000173. The molecule has 0 aromatic carbocycles. The highest BCUT2D eigenvalue weighted by Gasteiger charge is 2.23. The molecule has 3 aromatic heterocycles. The van der Waals surface area contributed by atoms with E-state index in [1.807, 2.05) is 12.4 Å². The zero-order chi connectivity index (χ0) is 26.2. The Morgan fingerprint density at radius 2 is 1.62 bits per heavy atom. The lowest BCUT2D eigenvalue weighted by molar-refractivity contribution is -0.128. The summed E-state index contributed by atoms with van der Waals surface area (Å²) in [5.74, 6) is 2.59. The van der Waals surface area contributed by atoms with Gasteiger partial charge in [0, 0.05) is 44.5 Å². The van der Waals surface area contributed by atoms with Gasteiger partial charge in [0.2, 0.25) is 17.7 Å². The van der Waals surface area contributed by atoms with E-state index in [1.165, 1.54) is 7.11 Å². The average molecular weight is 642 g/mol. The number of methoxy groups -OCH3 is 2. The van der Waals surface area contributed by atoms with Gasteiger partial charge in [0.05, 0.1) is 33.2 Å². The first-order valence-corrected chi connectivity index (χ1v) is 13.6. The normalized spacial score (nSPS) is 16.6. The van der Waals surface area contributed by atoms with Gasteiger partial charge in [0.1, 0.15) is 26.2 Å². The van der Waals surface area contributed by atoms with E-state index >= 15 is 0 Å². The van der Waals surface area contributed by atoms with Gasteiger partial charge in [-0.2, -0.15) is 0 Å². The van der Waals surface area contributed by atoms with Crippen molar-refractivity contribution in [2.24, 2.45) is 5.92 Å². The lowest BCUT2D eigenvalue weighted by atomic mass is 9.99. The Kier molecular flexibility index (Phi) is 10.1. The molecular weight excluding hydrogens is 612 g/mol. The number of nitrogens with zero attached hydrogens (tertiary/aromatic N) is 5. The lowest BCUT2D eigenvalue weighted by Gasteiger charge is -2.21. The van der Waals surface area contributed by atoms with E-state index in [4.69, 9.17) is 18.9 Å². The smallest absolute Gasteiger partial charge is 0.240 e. The fraction of sp³-hybridized carbons (Fsp3) is 0.542. The highest BCUT2D eigenvalue weighted by atomic mass is 79.9. The van der Waals surface area contributed by atoms with Crippen LogP contribution < -0.4 is 14.8 Å². The number of nitrogens with one attached hydrogen (secondary N) is 1. The van der Waals surface area contributed by atoms with Gasteiger partial charge in [-0.05, 0) is 57.5 Å². The van der Waals surface area contributed by atoms with Gasteiger partial charge in [-0.15, -0.1) is 0 Å². The molecule has 1 N–H and O–H groups in total. The molecule has 0 aliphatic carbocycles. The molecule has 0 saturated carbocycles.